The lowest BCUT2D eigenvalue weighted by Crippen LogP contribution is -2.31. The summed E-state index contributed by atoms with van der Waals surface area (Å²) in [6.07, 6.45) is -0.939. The van der Waals surface area contributed by atoms with E-state index in [2.05, 4.69) is 0 Å². The molecule has 2 nitrogen and oxygen atoms in total. The first-order valence-electron chi connectivity index (χ1n) is 9.90. The highest BCUT2D eigenvalue weighted by molar-refractivity contribution is 5.35. The zero-order valence-corrected chi connectivity index (χ0v) is 16.9. The molecular weight excluding hydrogens is 389 g/mol. The average molecular weight is 414 g/mol. The first kappa shape index (κ1) is 21.8. The third kappa shape index (κ3) is 5.56. The maximum Gasteiger partial charge on any atom is 0.247 e. The molecule has 0 spiro atoms. The molecule has 0 fully saturated rings. The van der Waals surface area contributed by atoms with E-state index >= 15 is 0 Å². The second kappa shape index (κ2) is 10.2. The van der Waals surface area contributed by atoms with Gasteiger partial charge < -0.3 is 9.47 Å². The van der Waals surface area contributed by atoms with Gasteiger partial charge in [0.2, 0.25) is 13.3 Å². The minimum Gasteiger partial charge on any atom is -0.463 e. The van der Waals surface area contributed by atoms with Crippen molar-refractivity contribution in [1.82, 2.24) is 0 Å². The summed E-state index contributed by atoms with van der Waals surface area (Å²) in [6, 6.07) is 23.4. The predicted octanol–water partition coefficient (Wildman–Crippen LogP) is 7.33. The molecule has 0 radical (unpaired) electrons. The van der Waals surface area contributed by atoms with Crippen molar-refractivity contribution in [2.45, 2.75) is 38.0 Å². The molecular formula is C25H25F3O2. The summed E-state index contributed by atoms with van der Waals surface area (Å²) in [5, 5.41) is 0. The van der Waals surface area contributed by atoms with E-state index < -0.39 is 18.7 Å². The molecule has 1 unspecified atom stereocenters. The molecule has 0 heterocycles. The van der Waals surface area contributed by atoms with Gasteiger partial charge in [-0.25, -0.2) is 13.2 Å². The second-order valence-corrected chi connectivity index (χ2v) is 7.41. The Hall–Kier alpha value is -2.95. The highest BCUT2D eigenvalue weighted by Crippen LogP contribution is 2.37. The molecule has 0 aromatic heterocycles. The van der Waals surface area contributed by atoms with Crippen LogP contribution in [0.5, 0.6) is 17.2 Å². The van der Waals surface area contributed by atoms with Gasteiger partial charge in [0.15, 0.2) is 0 Å². The summed E-state index contributed by atoms with van der Waals surface area (Å²) in [7, 11) is 0. The number of hydrogen-bond donors (Lipinski definition) is 0. The van der Waals surface area contributed by atoms with Crippen molar-refractivity contribution in [3.05, 3.63) is 90.0 Å². The number of alkyl halides is 3. The van der Waals surface area contributed by atoms with Crippen molar-refractivity contribution in [3.8, 4) is 17.2 Å². The van der Waals surface area contributed by atoms with Crippen LogP contribution in [0.1, 0.15) is 30.9 Å². The smallest absolute Gasteiger partial charge is 0.247 e. The van der Waals surface area contributed by atoms with E-state index in [4.69, 9.17) is 9.47 Å². The lowest BCUT2D eigenvalue weighted by atomic mass is 9.78. The SMILES string of the molecule is CC(CCCc1cccc(Oc2ccccc2)c1)(c1ccc(OCF)cc1)C(F)F. The molecule has 5 heteroatoms. The normalized spacial score (nSPS) is 13.1. The summed E-state index contributed by atoms with van der Waals surface area (Å²) >= 11 is 0. The quantitative estimate of drug-likeness (QED) is 0.346. The first-order valence-corrected chi connectivity index (χ1v) is 9.90. The Kier molecular flexibility index (Phi) is 7.39. The zero-order valence-electron chi connectivity index (χ0n) is 16.9. The highest BCUT2D eigenvalue weighted by atomic mass is 19.3. The molecule has 0 aliphatic heterocycles. The molecule has 158 valence electrons. The van der Waals surface area contributed by atoms with E-state index in [1.54, 1.807) is 19.1 Å². The van der Waals surface area contributed by atoms with Crippen LogP contribution in [0.2, 0.25) is 0 Å². The number of aryl methyl sites for hydroxylation is 1. The maximum atomic E-state index is 13.9. The van der Waals surface area contributed by atoms with Crippen LogP contribution >= 0.6 is 0 Å². The monoisotopic (exact) mass is 414 g/mol. The van der Waals surface area contributed by atoms with Crippen LogP contribution < -0.4 is 9.47 Å². The van der Waals surface area contributed by atoms with Crippen molar-refractivity contribution < 1.29 is 22.6 Å². The van der Waals surface area contributed by atoms with Crippen molar-refractivity contribution in [3.63, 3.8) is 0 Å². The Morgan fingerprint density at radius 3 is 2.20 bits per heavy atom. The maximum absolute atomic E-state index is 13.9. The second-order valence-electron chi connectivity index (χ2n) is 7.41. The van der Waals surface area contributed by atoms with Gasteiger partial charge in [0.25, 0.3) is 0 Å². The molecule has 0 saturated carbocycles. The molecule has 0 aliphatic rings. The van der Waals surface area contributed by atoms with Crippen LogP contribution in [-0.4, -0.2) is 13.3 Å². The molecule has 0 saturated heterocycles. The summed E-state index contributed by atoms with van der Waals surface area (Å²) in [6.45, 7) is 0.621. The van der Waals surface area contributed by atoms with Crippen LogP contribution in [0.4, 0.5) is 13.2 Å². The fourth-order valence-corrected chi connectivity index (χ4v) is 3.42. The molecule has 30 heavy (non-hydrogen) atoms. The Bertz CT molecular complexity index is 913. The number of para-hydroxylation sites is 1. The van der Waals surface area contributed by atoms with Crippen molar-refractivity contribution in [1.29, 1.82) is 0 Å². The standard InChI is InChI=1S/C25H25F3O2/c1-25(24(27)28,20-12-14-21(15-13-20)29-18-26)16-6-8-19-7-5-11-23(17-19)30-22-9-3-2-4-10-22/h2-5,7,9-15,17,24H,6,8,16,18H2,1H3. The van der Waals surface area contributed by atoms with Crippen LogP contribution in [0.15, 0.2) is 78.9 Å². The third-order valence-corrected chi connectivity index (χ3v) is 5.26. The van der Waals surface area contributed by atoms with Crippen molar-refractivity contribution in [2.24, 2.45) is 0 Å². The lowest BCUT2D eigenvalue weighted by Gasteiger charge is -2.29. The van der Waals surface area contributed by atoms with E-state index in [0.29, 0.717) is 30.6 Å². The van der Waals surface area contributed by atoms with E-state index in [1.165, 1.54) is 12.1 Å². The molecule has 0 aliphatic carbocycles. The topological polar surface area (TPSA) is 18.5 Å². The lowest BCUT2D eigenvalue weighted by molar-refractivity contribution is 0.0526. The predicted molar refractivity (Wildman–Crippen MR) is 112 cm³/mol. The van der Waals surface area contributed by atoms with Gasteiger partial charge in [-0.2, -0.15) is 0 Å². The summed E-state index contributed by atoms with van der Waals surface area (Å²) < 4.78 is 50.8. The van der Waals surface area contributed by atoms with Crippen molar-refractivity contribution in [2.75, 3.05) is 6.86 Å². The van der Waals surface area contributed by atoms with Gasteiger partial charge in [0.1, 0.15) is 17.2 Å². The number of benzene rings is 3. The number of rotatable bonds is 10. The van der Waals surface area contributed by atoms with Gasteiger partial charge in [-0.15, -0.1) is 0 Å². The van der Waals surface area contributed by atoms with Crippen molar-refractivity contribution >= 4 is 0 Å². The van der Waals surface area contributed by atoms with E-state index in [1.807, 2.05) is 54.6 Å². The molecule has 0 bridgehead atoms. The number of ether oxygens (including phenoxy) is 2. The Morgan fingerprint density at radius 2 is 1.53 bits per heavy atom. The van der Waals surface area contributed by atoms with Gasteiger partial charge in [-0.3, -0.25) is 0 Å². The highest BCUT2D eigenvalue weighted by Gasteiger charge is 2.36. The molecule has 0 amide bonds. The van der Waals surface area contributed by atoms with Gasteiger partial charge in [0, 0.05) is 0 Å². The first-order chi connectivity index (χ1) is 14.5. The van der Waals surface area contributed by atoms with E-state index in [9.17, 15) is 13.2 Å². The number of hydrogen-bond acceptors (Lipinski definition) is 2. The van der Waals surface area contributed by atoms with Gasteiger partial charge >= 0.3 is 0 Å². The number of halogens is 3. The van der Waals surface area contributed by atoms with Gasteiger partial charge in [-0.1, -0.05) is 49.4 Å². The third-order valence-electron chi connectivity index (χ3n) is 5.26. The van der Waals surface area contributed by atoms with Gasteiger partial charge in [0.05, 0.1) is 5.41 Å². The Morgan fingerprint density at radius 1 is 0.833 bits per heavy atom. The van der Waals surface area contributed by atoms with Crippen LogP contribution in [0, 0.1) is 0 Å². The molecule has 1 atom stereocenters. The van der Waals surface area contributed by atoms with E-state index in [-0.39, 0.29) is 0 Å². The summed E-state index contributed by atoms with van der Waals surface area (Å²) in [5.74, 6) is 1.80. The Labute approximate surface area is 175 Å². The summed E-state index contributed by atoms with van der Waals surface area (Å²) in [4.78, 5) is 0. The fraction of sp³-hybridized carbons (Fsp3) is 0.280. The Balaban J connectivity index is 1.63. The fourth-order valence-electron chi connectivity index (χ4n) is 3.42. The van der Waals surface area contributed by atoms with E-state index in [0.717, 1.165) is 17.1 Å². The molecule has 3 rings (SSSR count). The summed E-state index contributed by atoms with van der Waals surface area (Å²) in [5.41, 5.74) is 0.267. The minimum absolute atomic E-state index is 0.317. The minimum atomic E-state index is -2.52. The average Bonchev–Trinajstić information content (AvgIpc) is 2.75. The van der Waals surface area contributed by atoms with Crippen LogP contribution in [-0.2, 0) is 11.8 Å². The largest absolute Gasteiger partial charge is 0.463 e. The molecule has 0 N–H and O–H groups in total. The zero-order chi connectivity index (χ0) is 21.4. The van der Waals surface area contributed by atoms with Gasteiger partial charge in [-0.05, 0) is 66.8 Å². The molecule has 3 aromatic carbocycles. The molecule has 3 aromatic rings. The van der Waals surface area contributed by atoms with Crippen LogP contribution in [0.25, 0.3) is 0 Å². The van der Waals surface area contributed by atoms with Crippen LogP contribution in [0.3, 0.4) is 0 Å².